The molecule has 1 rings (SSSR count). The second-order valence-corrected chi connectivity index (χ2v) is 8.80. The number of rotatable bonds is 9. The molecule has 1 aromatic heterocycles. The van der Waals surface area contributed by atoms with Gasteiger partial charge in [-0.25, -0.2) is 13.1 Å². The summed E-state index contributed by atoms with van der Waals surface area (Å²) < 4.78 is 27.3. The summed E-state index contributed by atoms with van der Waals surface area (Å²) in [6, 6.07) is 2.17. The molecule has 1 heterocycles. The summed E-state index contributed by atoms with van der Waals surface area (Å²) in [6.45, 7) is 8.05. The molecule has 0 unspecified atom stereocenters. The van der Waals surface area contributed by atoms with Gasteiger partial charge >= 0.3 is 0 Å². The third-order valence-electron chi connectivity index (χ3n) is 2.97. The van der Waals surface area contributed by atoms with E-state index in [-0.39, 0.29) is 0 Å². The van der Waals surface area contributed by atoms with Crippen molar-refractivity contribution in [3.05, 3.63) is 15.8 Å². The van der Waals surface area contributed by atoms with Crippen LogP contribution in [0.4, 0.5) is 0 Å². The summed E-state index contributed by atoms with van der Waals surface area (Å²) in [5, 5.41) is 3.31. The Balaban J connectivity index is 2.65. The number of nitrogens with one attached hydrogen (secondary N) is 2. The van der Waals surface area contributed by atoms with Gasteiger partial charge in [0.05, 0.1) is 4.90 Å². The van der Waals surface area contributed by atoms with Crippen LogP contribution in [0.3, 0.4) is 0 Å². The van der Waals surface area contributed by atoms with Crippen LogP contribution < -0.4 is 10.0 Å². The average Bonchev–Trinajstić information content (AvgIpc) is 2.74. The second kappa shape index (κ2) is 8.24. The molecule has 5 nitrogen and oxygen atoms in total. The van der Waals surface area contributed by atoms with E-state index in [4.69, 9.17) is 0 Å². The summed E-state index contributed by atoms with van der Waals surface area (Å²) in [5.74, 6) is 0. The van der Waals surface area contributed by atoms with Gasteiger partial charge < -0.3 is 10.2 Å². The first-order valence-corrected chi connectivity index (χ1v) is 9.49. The van der Waals surface area contributed by atoms with Crippen molar-refractivity contribution in [3.8, 4) is 0 Å². The molecule has 0 aliphatic rings. The molecule has 122 valence electrons. The van der Waals surface area contributed by atoms with E-state index in [1.807, 2.05) is 25.9 Å². The fourth-order valence-electron chi connectivity index (χ4n) is 1.86. The minimum atomic E-state index is -3.39. The second-order valence-electron chi connectivity index (χ2n) is 5.72. The molecule has 0 spiro atoms. The van der Waals surface area contributed by atoms with E-state index in [2.05, 4.69) is 23.9 Å². The molecular weight excluding hydrogens is 306 g/mol. The van der Waals surface area contributed by atoms with Crippen molar-refractivity contribution >= 4 is 21.4 Å². The molecule has 0 amide bonds. The van der Waals surface area contributed by atoms with E-state index in [0.717, 1.165) is 22.7 Å². The van der Waals surface area contributed by atoms with Gasteiger partial charge in [-0.1, -0.05) is 13.8 Å². The molecular formula is C14H27N3O2S2. The first-order chi connectivity index (χ1) is 9.72. The fourth-order valence-corrected chi connectivity index (χ4v) is 4.52. The molecule has 0 radical (unpaired) electrons. The van der Waals surface area contributed by atoms with Crippen LogP contribution in [0.5, 0.6) is 0 Å². The quantitative estimate of drug-likeness (QED) is 0.676. The van der Waals surface area contributed by atoms with Crippen molar-refractivity contribution in [1.82, 2.24) is 14.9 Å². The zero-order valence-electron chi connectivity index (χ0n) is 13.6. The Bertz CT molecular complexity index is 536. The lowest BCUT2D eigenvalue weighted by Crippen LogP contribution is -2.27. The molecule has 0 fully saturated rings. The highest BCUT2D eigenvalue weighted by Gasteiger charge is 2.19. The van der Waals surface area contributed by atoms with E-state index in [1.165, 1.54) is 11.3 Å². The van der Waals surface area contributed by atoms with Crippen molar-refractivity contribution in [2.75, 3.05) is 27.2 Å². The summed E-state index contributed by atoms with van der Waals surface area (Å²) in [5.41, 5.74) is 0. The van der Waals surface area contributed by atoms with Gasteiger partial charge in [-0.05, 0) is 40.1 Å². The third kappa shape index (κ3) is 6.44. The summed E-state index contributed by atoms with van der Waals surface area (Å²) in [7, 11) is 0.563. The van der Waals surface area contributed by atoms with Crippen molar-refractivity contribution in [2.24, 2.45) is 0 Å². The van der Waals surface area contributed by atoms with Crippen LogP contribution in [0.25, 0.3) is 0 Å². The van der Waals surface area contributed by atoms with E-state index < -0.39 is 10.0 Å². The molecule has 0 atom stereocenters. The van der Waals surface area contributed by atoms with Crippen LogP contribution in [-0.4, -0.2) is 46.5 Å². The zero-order valence-corrected chi connectivity index (χ0v) is 15.2. The van der Waals surface area contributed by atoms with Gasteiger partial charge in [0.25, 0.3) is 0 Å². The number of hydrogen-bond acceptors (Lipinski definition) is 5. The summed E-state index contributed by atoms with van der Waals surface area (Å²) in [6.07, 6.45) is 0.803. The van der Waals surface area contributed by atoms with Crippen molar-refractivity contribution in [2.45, 2.75) is 44.7 Å². The topological polar surface area (TPSA) is 61.4 Å². The Kier molecular flexibility index (Phi) is 7.29. The minimum Gasteiger partial charge on any atom is -0.310 e. The fraction of sp³-hybridized carbons (Fsp3) is 0.714. The van der Waals surface area contributed by atoms with Gasteiger partial charge in [0.2, 0.25) is 10.0 Å². The van der Waals surface area contributed by atoms with Crippen LogP contribution in [-0.2, 0) is 16.6 Å². The third-order valence-corrected chi connectivity index (χ3v) is 5.74. The maximum Gasteiger partial charge on any atom is 0.241 e. The van der Waals surface area contributed by atoms with E-state index in [0.29, 0.717) is 24.0 Å². The summed E-state index contributed by atoms with van der Waals surface area (Å²) in [4.78, 5) is 4.35. The monoisotopic (exact) mass is 333 g/mol. The Morgan fingerprint density at radius 3 is 2.57 bits per heavy atom. The molecule has 0 aromatic carbocycles. The minimum absolute atomic E-state index is 0.386. The van der Waals surface area contributed by atoms with Crippen LogP contribution in [0.1, 0.15) is 30.0 Å². The highest BCUT2D eigenvalue weighted by atomic mass is 32.2. The molecule has 21 heavy (non-hydrogen) atoms. The molecule has 0 aliphatic heterocycles. The van der Waals surface area contributed by atoms with Crippen LogP contribution in [0, 0.1) is 6.92 Å². The van der Waals surface area contributed by atoms with Gasteiger partial charge in [-0.3, -0.25) is 0 Å². The smallest absolute Gasteiger partial charge is 0.241 e. The molecule has 0 saturated heterocycles. The molecule has 0 aliphatic carbocycles. The zero-order chi connectivity index (χ0) is 16.0. The number of sulfonamides is 1. The summed E-state index contributed by atoms with van der Waals surface area (Å²) >= 11 is 1.54. The average molecular weight is 334 g/mol. The number of hydrogen-bond donors (Lipinski definition) is 2. The SMILES string of the molecule is Cc1sc(CNC(C)C)cc1S(=O)(=O)NCCCN(C)C. The molecule has 2 N–H and O–H groups in total. The van der Waals surface area contributed by atoms with Crippen molar-refractivity contribution < 1.29 is 8.42 Å². The van der Waals surface area contributed by atoms with Crippen LogP contribution >= 0.6 is 11.3 Å². The standard InChI is InChI=1S/C14H27N3O2S2/c1-11(2)15-10-13-9-14(12(3)20-13)21(18,19)16-7-6-8-17(4)5/h9,11,15-16H,6-8,10H2,1-5H3. The normalized spacial score (nSPS) is 12.5. The van der Waals surface area contributed by atoms with Crippen molar-refractivity contribution in [1.29, 1.82) is 0 Å². The van der Waals surface area contributed by atoms with E-state index in [1.54, 1.807) is 6.07 Å². The number of nitrogens with zero attached hydrogens (tertiary/aromatic N) is 1. The first-order valence-electron chi connectivity index (χ1n) is 7.19. The predicted molar refractivity (Wildman–Crippen MR) is 89.4 cm³/mol. The maximum absolute atomic E-state index is 12.3. The van der Waals surface area contributed by atoms with Gasteiger partial charge in [-0.15, -0.1) is 11.3 Å². The number of aryl methyl sites for hydroxylation is 1. The Labute approximate surface area is 132 Å². The molecule has 1 aromatic rings. The van der Waals surface area contributed by atoms with Crippen molar-refractivity contribution in [3.63, 3.8) is 0 Å². The predicted octanol–water partition coefficient (Wildman–Crippen LogP) is 1.78. The van der Waals surface area contributed by atoms with Gasteiger partial charge in [0.1, 0.15) is 0 Å². The Hall–Kier alpha value is -0.470. The van der Waals surface area contributed by atoms with Gasteiger partial charge in [0.15, 0.2) is 0 Å². The molecule has 0 saturated carbocycles. The van der Waals surface area contributed by atoms with Gasteiger partial charge in [0, 0.05) is 28.9 Å². The lowest BCUT2D eigenvalue weighted by atomic mass is 10.3. The highest BCUT2D eigenvalue weighted by molar-refractivity contribution is 7.89. The Morgan fingerprint density at radius 1 is 1.33 bits per heavy atom. The van der Waals surface area contributed by atoms with E-state index >= 15 is 0 Å². The van der Waals surface area contributed by atoms with Gasteiger partial charge in [-0.2, -0.15) is 0 Å². The Morgan fingerprint density at radius 2 is 2.00 bits per heavy atom. The molecule has 0 bridgehead atoms. The number of thiophene rings is 1. The highest BCUT2D eigenvalue weighted by Crippen LogP contribution is 2.25. The maximum atomic E-state index is 12.3. The first kappa shape index (κ1) is 18.6. The van der Waals surface area contributed by atoms with E-state index in [9.17, 15) is 8.42 Å². The molecule has 7 heteroatoms. The lowest BCUT2D eigenvalue weighted by molar-refractivity contribution is 0.400. The lowest BCUT2D eigenvalue weighted by Gasteiger charge is -2.10. The van der Waals surface area contributed by atoms with Crippen LogP contribution in [0.2, 0.25) is 0 Å². The van der Waals surface area contributed by atoms with Crippen LogP contribution in [0.15, 0.2) is 11.0 Å². The largest absolute Gasteiger partial charge is 0.310 e.